The van der Waals surface area contributed by atoms with Gasteiger partial charge in [-0.2, -0.15) is 0 Å². The Morgan fingerprint density at radius 3 is 2.78 bits per heavy atom. The van der Waals surface area contributed by atoms with Crippen LogP contribution in [0.4, 0.5) is 11.4 Å². The lowest BCUT2D eigenvalue weighted by Gasteiger charge is -2.31. The van der Waals surface area contributed by atoms with Crippen LogP contribution in [0.25, 0.3) is 5.65 Å². The number of amides is 2. The summed E-state index contributed by atoms with van der Waals surface area (Å²) in [5, 5.41) is 13.7. The lowest BCUT2D eigenvalue weighted by Crippen LogP contribution is -2.39. The van der Waals surface area contributed by atoms with Gasteiger partial charge in [0.25, 0.3) is 5.91 Å². The molecule has 0 aromatic carbocycles. The standard InChI is InChI=1S/C22H26BrN7O2/c1-14-17(26-21(32)20-28-27-18-11-15(23)5-10-30(18)20)12-16(13-24-14)25-19(31)6-9-29-8-4-7-22(29,2)3/h5,10-13H,4,6-9H2,1-3H3,(H,25,31)(H,26,32). The summed E-state index contributed by atoms with van der Waals surface area (Å²) in [6.45, 7) is 7.96. The number of aryl methyl sites for hydroxylation is 1. The van der Waals surface area contributed by atoms with Crippen molar-refractivity contribution in [3.8, 4) is 0 Å². The molecule has 0 unspecified atom stereocenters. The van der Waals surface area contributed by atoms with Gasteiger partial charge in [0.2, 0.25) is 11.7 Å². The minimum Gasteiger partial charge on any atom is -0.325 e. The van der Waals surface area contributed by atoms with E-state index in [2.05, 4.69) is 60.5 Å². The van der Waals surface area contributed by atoms with Crippen LogP contribution < -0.4 is 10.6 Å². The fraction of sp³-hybridized carbons (Fsp3) is 0.409. The fourth-order valence-corrected chi connectivity index (χ4v) is 4.29. The maximum Gasteiger partial charge on any atom is 0.294 e. The van der Waals surface area contributed by atoms with Crippen LogP contribution in [-0.2, 0) is 4.79 Å². The molecule has 1 fully saturated rings. The highest BCUT2D eigenvalue weighted by Crippen LogP contribution is 2.28. The summed E-state index contributed by atoms with van der Waals surface area (Å²) in [5.74, 6) is -0.330. The molecule has 1 aliphatic heterocycles. The highest BCUT2D eigenvalue weighted by atomic mass is 79.9. The molecule has 0 aliphatic carbocycles. The van der Waals surface area contributed by atoms with Crippen LogP contribution in [0.5, 0.6) is 0 Å². The summed E-state index contributed by atoms with van der Waals surface area (Å²) in [6.07, 6.45) is 6.03. The second kappa shape index (κ2) is 8.95. The minimum absolute atomic E-state index is 0.0790. The van der Waals surface area contributed by atoms with Gasteiger partial charge in [-0.1, -0.05) is 15.9 Å². The Hall–Kier alpha value is -2.85. The van der Waals surface area contributed by atoms with E-state index in [9.17, 15) is 9.59 Å². The molecule has 0 saturated carbocycles. The number of likely N-dealkylation sites (tertiary alicyclic amines) is 1. The van der Waals surface area contributed by atoms with Gasteiger partial charge >= 0.3 is 0 Å². The van der Waals surface area contributed by atoms with Gasteiger partial charge in [-0.25, -0.2) is 0 Å². The van der Waals surface area contributed by atoms with Crippen molar-refractivity contribution in [3.63, 3.8) is 0 Å². The molecule has 2 N–H and O–H groups in total. The smallest absolute Gasteiger partial charge is 0.294 e. The number of nitrogens with zero attached hydrogens (tertiary/aromatic N) is 5. The van der Waals surface area contributed by atoms with Gasteiger partial charge in [0.05, 0.1) is 23.3 Å². The number of carbonyl (C=O) groups excluding carboxylic acids is 2. The van der Waals surface area contributed by atoms with Gasteiger partial charge in [-0.3, -0.25) is 23.9 Å². The van der Waals surface area contributed by atoms with Crippen molar-refractivity contribution in [2.24, 2.45) is 0 Å². The maximum atomic E-state index is 12.8. The van der Waals surface area contributed by atoms with Gasteiger partial charge < -0.3 is 10.6 Å². The summed E-state index contributed by atoms with van der Waals surface area (Å²) in [5.41, 5.74) is 2.37. The van der Waals surface area contributed by atoms with Crippen molar-refractivity contribution in [1.82, 2.24) is 24.5 Å². The Labute approximate surface area is 194 Å². The van der Waals surface area contributed by atoms with E-state index in [-0.39, 0.29) is 17.3 Å². The zero-order valence-electron chi connectivity index (χ0n) is 18.4. The zero-order chi connectivity index (χ0) is 22.9. The monoisotopic (exact) mass is 499 g/mol. The van der Waals surface area contributed by atoms with E-state index >= 15 is 0 Å². The lowest BCUT2D eigenvalue weighted by molar-refractivity contribution is -0.116. The first-order chi connectivity index (χ1) is 15.2. The number of anilines is 2. The second-order valence-electron chi connectivity index (χ2n) is 8.61. The van der Waals surface area contributed by atoms with Gasteiger partial charge in [0, 0.05) is 29.2 Å². The zero-order valence-corrected chi connectivity index (χ0v) is 19.9. The summed E-state index contributed by atoms with van der Waals surface area (Å²) < 4.78 is 2.45. The minimum atomic E-state index is -0.413. The first-order valence-corrected chi connectivity index (χ1v) is 11.4. The number of carbonyl (C=O) groups is 2. The van der Waals surface area contributed by atoms with E-state index < -0.39 is 5.91 Å². The Kier molecular flexibility index (Phi) is 6.25. The summed E-state index contributed by atoms with van der Waals surface area (Å²) >= 11 is 3.38. The molecule has 168 valence electrons. The van der Waals surface area contributed by atoms with E-state index in [0.29, 0.717) is 29.1 Å². The molecule has 0 radical (unpaired) electrons. The van der Waals surface area contributed by atoms with Crippen LogP contribution >= 0.6 is 15.9 Å². The average Bonchev–Trinajstić information content (AvgIpc) is 3.30. The molecule has 1 saturated heterocycles. The Morgan fingerprint density at radius 1 is 1.22 bits per heavy atom. The number of hydrogen-bond acceptors (Lipinski definition) is 6. The molecular weight excluding hydrogens is 474 g/mol. The third-order valence-electron chi connectivity index (χ3n) is 5.88. The number of fused-ring (bicyclic) bond motifs is 1. The maximum absolute atomic E-state index is 12.8. The molecule has 0 spiro atoms. The molecule has 3 aromatic heterocycles. The van der Waals surface area contributed by atoms with Crippen LogP contribution in [0.15, 0.2) is 35.1 Å². The fourth-order valence-electron chi connectivity index (χ4n) is 3.96. The third kappa shape index (κ3) is 4.81. The first kappa shape index (κ1) is 22.3. The topological polar surface area (TPSA) is 105 Å². The van der Waals surface area contributed by atoms with Crippen molar-refractivity contribution in [2.75, 3.05) is 23.7 Å². The molecule has 2 amide bonds. The van der Waals surface area contributed by atoms with Crippen molar-refractivity contribution < 1.29 is 9.59 Å². The van der Waals surface area contributed by atoms with E-state index in [1.807, 2.05) is 0 Å². The highest BCUT2D eigenvalue weighted by molar-refractivity contribution is 9.10. The van der Waals surface area contributed by atoms with Crippen LogP contribution in [0.2, 0.25) is 0 Å². The number of halogens is 1. The quantitative estimate of drug-likeness (QED) is 0.536. The molecule has 0 atom stereocenters. The van der Waals surface area contributed by atoms with Crippen molar-refractivity contribution in [2.45, 2.75) is 45.6 Å². The lowest BCUT2D eigenvalue weighted by atomic mass is 10.0. The molecule has 3 aromatic rings. The van der Waals surface area contributed by atoms with Crippen LogP contribution in [0.1, 0.15) is 49.4 Å². The number of rotatable bonds is 6. The van der Waals surface area contributed by atoms with E-state index in [1.54, 1.807) is 41.9 Å². The van der Waals surface area contributed by atoms with Crippen molar-refractivity contribution >= 4 is 44.8 Å². The molecule has 32 heavy (non-hydrogen) atoms. The highest BCUT2D eigenvalue weighted by Gasteiger charge is 2.31. The number of nitrogens with one attached hydrogen (secondary N) is 2. The predicted molar refractivity (Wildman–Crippen MR) is 126 cm³/mol. The molecule has 1 aliphatic rings. The molecule has 9 nitrogen and oxygen atoms in total. The van der Waals surface area contributed by atoms with Gasteiger partial charge in [0.15, 0.2) is 5.65 Å². The van der Waals surface area contributed by atoms with Crippen LogP contribution in [0, 0.1) is 6.92 Å². The Balaban J connectivity index is 1.42. The van der Waals surface area contributed by atoms with Gasteiger partial charge in [-0.15, -0.1) is 10.2 Å². The van der Waals surface area contributed by atoms with Crippen molar-refractivity contribution in [1.29, 1.82) is 0 Å². The summed E-state index contributed by atoms with van der Waals surface area (Å²) in [7, 11) is 0. The first-order valence-electron chi connectivity index (χ1n) is 10.6. The van der Waals surface area contributed by atoms with Crippen LogP contribution in [-0.4, -0.2) is 54.9 Å². The normalized spacial score (nSPS) is 15.8. The van der Waals surface area contributed by atoms with Crippen molar-refractivity contribution in [3.05, 3.63) is 46.6 Å². The van der Waals surface area contributed by atoms with Gasteiger partial charge in [-0.05, 0) is 58.4 Å². The average molecular weight is 500 g/mol. The third-order valence-corrected chi connectivity index (χ3v) is 6.37. The van der Waals surface area contributed by atoms with Crippen LogP contribution in [0.3, 0.4) is 0 Å². The molecule has 0 bridgehead atoms. The van der Waals surface area contributed by atoms with E-state index in [4.69, 9.17) is 0 Å². The summed E-state index contributed by atoms with van der Waals surface area (Å²) in [4.78, 5) is 32.0. The predicted octanol–water partition coefficient (Wildman–Crippen LogP) is 3.65. The van der Waals surface area contributed by atoms with E-state index in [1.165, 1.54) is 0 Å². The number of aromatic nitrogens is 4. The second-order valence-corrected chi connectivity index (χ2v) is 9.52. The summed E-state index contributed by atoms with van der Waals surface area (Å²) in [6, 6.07) is 5.28. The molecule has 10 heteroatoms. The molecular formula is C22H26BrN7O2. The van der Waals surface area contributed by atoms with Gasteiger partial charge in [0.1, 0.15) is 0 Å². The van der Waals surface area contributed by atoms with E-state index in [0.717, 1.165) is 30.4 Å². The molecule has 4 rings (SSSR count). The largest absolute Gasteiger partial charge is 0.325 e. The number of pyridine rings is 2. The molecule has 4 heterocycles. The Bertz CT molecular complexity index is 1170. The SMILES string of the molecule is Cc1ncc(NC(=O)CCN2CCCC2(C)C)cc1NC(=O)c1nnc2cc(Br)ccn12. The Morgan fingerprint density at radius 2 is 2.03 bits per heavy atom. The number of hydrogen-bond donors (Lipinski definition) is 2.